The Hall–Kier alpha value is -3.35. The van der Waals surface area contributed by atoms with E-state index in [-0.39, 0.29) is 31.3 Å². The number of carbonyl (C=O) groups excluding carboxylic acids is 2. The summed E-state index contributed by atoms with van der Waals surface area (Å²) in [6, 6.07) is 16.4. The van der Waals surface area contributed by atoms with Crippen LogP contribution in [0.1, 0.15) is 69.4 Å². The lowest BCUT2D eigenvalue weighted by Crippen LogP contribution is -2.57. The molecule has 7 nitrogen and oxygen atoms in total. The highest BCUT2D eigenvalue weighted by Gasteiger charge is 2.42. The molecule has 0 spiro atoms. The number of carboxylic acids is 1. The van der Waals surface area contributed by atoms with Crippen molar-refractivity contribution in [1.82, 2.24) is 10.6 Å². The second-order valence-electron chi connectivity index (χ2n) is 10.1. The fourth-order valence-corrected chi connectivity index (χ4v) is 5.01. The third kappa shape index (κ3) is 5.24. The molecule has 3 N–H and O–H groups in total. The van der Waals surface area contributed by atoms with Gasteiger partial charge in [-0.2, -0.15) is 0 Å². The lowest BCUT2D eigenvalue weighted by molar-refractivity contribution is -0.138. The van der Waals surface area contributed by atoms with Crippen molar-refractivity contribution in [3.05, 3.63) is 59.7 Å². The Morgan fingerprint density at radius 2 is 1.62 bits per heavy atom. The van der Waals surface area contributed by atoms with E-state index >= 15 is 0 Å². The molecule has 0 bridgehead atoms. The largest absolute Gasteiger partial charge is 0.481 e. The van der Waals surface area contributed by atoms with Gasteiger partial charge in [-0.1, -0.05) is 48.5 Å². The Morgan fingerprint density at radius 1 is 1.03 bits per heavy atom. The SMILES string of the molecule is CC(C)(CCC(=O)O)NC(=O)CC1(NC(=O)OCC2c3ccccc3-c3ccccc32)CCC1. The maximum atomic E-state index is 12.7. The Balaban J connectivity index is 1.34. The van der Waals surface area contributed by atoms with Crippen LogP contribution >= 0.6 is 0 Å². The van der Waals surface area contributed by atoms with Crippen LogP contribution in [0.15, 0.2) is 48.5 Å². The molecular formula is C27H32N2O5. The van der Waals surface area contributed by atoms with E-state index in [2.05, 4.69) is 34.9 Å². The van der Waals surface area contributed by atoms with E-state index in [1.54, 1.807) is 13.8 Å². The van der Waals surface area contributed by atoms with E-state index in [0.717, 1.165) is 17.5 Å². The zero-order valence-electron chi connectivity index (χ0n) is 19.7. The van der Waals surface area contributed by atoms with Crippen LogP contribution in [0.25, 0.3) is 11.1 Å². The molecule has 1 fully saturated rings. The topological polar surface area (TPSA) is 105 Å². The molecule has 0 aliphatic heterocycles. The molecule has 34 heavy (non-hydrogen) atoms. The number of benzene rings is 2. The van der Waals surface area contributed by atoms with Gasteiger partial charge >= 0.3 is 12.1 Å². The summed E-state index contributed by atoms with van der Waals surface area (Å²) in [5, 5.41) is 14.8. The van der Waals surface area contributed by atoms with Gasteiger partial charge in [-0.3, -0.25) is 9.59 Å². The van der Waals surface area contributed by atoms with Crippen LogP contribution in [0.5, 0.6) is 0 Å². The molecule has 0 saturated heterocycles. The minimum absolute atomic E-state index is 0.0174. The van der Waals surface area contributed by atoms with Gasteiger partial charge in [0.15, 0.2) is 0 Å². The quantitative estimate of drug-likeness (QED) is 0.503. The molecule has 0 aromatic heterocycles. The number of carboxylic acid groups (broad SMARTS) is 1. The van der Waals surface area contributed by atoms with Crippen LogP contribution in [0.4, 0.5) is 4.79 Å². The number of aliphatic carboxylic acids is 1. The summed E-state index contributed by atoms with van der Waals surface area (Å²) in [5.74, 6) is -1.11. The Bertz CT molecular complexity index is 1040. The van der Waals surface area contributed by atoms with Gasteiger partial charge in [0.1, 0.15) is 6.61 Å². The van der Waals surface area contributed by atoms with Crippen LogP contribution in [-0.4, -0.2) is 40.8 Å². The zero-order valence-corrected chi connectivity index (χ0v) is 19.7. The fourth-order valence-electron chi connectivity index (χ4n) is 5.01. The van der Waals surface area contributed by atoms with E-state index in [9.17, 15) is 14.4 Å². The average Bonchev–Trinajstić information content (AvgIpc) is 3.08. The van der Waals surface area contributed by atoms with Gasteiger partial charge in [-0.15, -0.1) is 0 Å². The Morgan fingerprint density at radius 3 is 2.15 bits per heavy atom. The van der Waals surface area contributed by atoms with Crippen molar-refractivity contribution in [2.24, 2.45) is 0 Å². The van der Waals surface area contributed by atoms with Crippen LogP contribution < -0.4 is 10.6 Å². The highest BCUT2D eigenvalue weighted by Crippen LogP contribution is 2.44. The molecule has 4 rings (SSSR count). The summed E-state index contributed by atoms with van der Waals surface area (Å²) in [4.78, 5) is 36.3. The number of amides is 2. The lowest BCUT2D eigenvalue weighted by atomic mass is 9.74. The zero-order chi connectivity index (χ0) is 24.3. The number of fused-ring (bicyclic) bond motifs is 3. The van der Waals surface area contributed by atoms with Gasteiger partial charge in [-0.25, -0.2) is 4.79 Å². The fraction of sp³-hybridized carbons (Fsp3) is 0.444. The van der Waals surface area contributed by atoms with Gasteiger partial charge in [0, 0.05) is 24.3 Å². The molecule has 2 aliphatic carbocycles. The molecule has 1 saturated carbocycles. The lowest BCUT2D eigenvalue weighted by Gasteiger charge is -2.42. The Kier molecular flexibility index (Phi) is 6.64. The van der Waals surface area contributed by atoms with Crippen molar-refractivity contribution in [2.45, 2.75) is 69.4 Å². The number of alkyl carbamates (subject to hydrolysis) is 1. The molecular weight excluding hydrogens is 432 g/mol. The van der Waals surface area contributed by atoms with E-state index in [0.29, 0.717) is 19.3 Å². The van der Waals surface area contributed by atoms with E-state index in [1.807, 2.05) is 24.3 Å². The van der Waals surface area contributed by atoms with Gasteiger partial charge in [0.05, 0.1) is 5.54 Å². The molecule has 180 valence electrons. The number of rotatable bonds is 9. The van der Waals surface area contributed by atoms with Crippen LogP contribution in [-0.2, 0) is 14.3 Å². The third-order valence-electron chi connectivity index (χ3n) is 6.96. The Labute approximate surface area is 199 Å². The molecule has 2 aromatic carbocycles. The molecule has 0 heterocycles. The molecule has 0 radical (unpaired) electrons. The van der Waals surface area contributed by atoms with Gasteiger partial charge in [-0.05, 0) is 61.8 Å². The molecule has 2 aliphatic rings. The summed E-state index contributed by atoms with van der Waals surface area (Å²) in [6.07, 6.45) is 2.30. The summed E-state index contributed by atoms with van der Waals surface area (Å²) in [7, 11) is 0. The molecule has 2 amide bonds. The number of carbonyl (C=O) groups is 3. The summed E-state index contributed by atoms with van der Waals surface area (Å²) in [5.41, 5.74) is 3.39. The molecule has 0 unspecified atom stereocenters. The highest BCUT2D eigenvalue weighted by molar-refractivity contribution is 5.80. The first kappa shape index (κ1) is 23.8. The maximum Gasteiger partial charge on any atom is 0.407 e. The predicted molar refractivity (Wildman–Crippen MR) is 128 cm³/mol. The van der Waals surface area contributed by atoms with Crippen LogP contribution in [0.2, 0.25) is 0 Å². The van der Waals surface area contributed by atoms with Crippen molar-refractivity contribution < 1.29 is 24.2 Å². The third-order valence-corrected chi connectivity index (χ3v) is 6.96. The van der Waals surface area contributed by atoms with E-state index in [1.165, 1.54) is 11.1 Å². The summed E-state index contributed by atoms with van der Waals surface area (Å²) >= 11 is 0. The number of hydrogen-bond donors (Lipinski definition) is 3. The average molecular weight is 465 g/mol. The van der Waals surface area contributed by atoms with Crippen molar-refractivity contribution >= 4 is 18.0 Å². The van der Waals surface area contributed by atoms with Crippen LogP contribution in [0.3, 0.4) is 0 Å². The van der Waals surface area contributed by atoms with E-state index in [4.69, 9.17) is 9.84 Å². The smallest absolute Gasteiger partial charge is 0.407 e. The van der Waals surface area contributed by atoms with Crippen molar-refractivity contribution in [1.29, 1.82) is 0 Å². The van der Waals surface area contributed by atoms with Crippen LogP contribution in [0, 0.1) is 0 Å². The number of nitrogens with one attached hydrogen (secondary N) is 2. The standard InChI is InChI=1S/C27H32N2O5/c1-26(2,15-12-24(31)32)28-23(30)16-27(13-7-14-27)29-25(33)34-17-22-20-10-5-3-8-18(20)19-9-4-6-11-21(19)22/h3-6,8-11,22H,7,12-17H2,1-2H3,(H,28,30)(H,29,33)(H,31,32). The van der Waals surface area contributed by atoms with Gasteiger partial charge in [0.2, 0.25) is 5.91 Å². The first-order valence-electron chi connectivity index (χ1n) is 11.8. The summed E-state index contributed by atoms with van der Waals surface area (Å²) < 4.78 is 5.67. The van der Waals surface area contributed by atoms with Gasteiger partial charge < -0.3 is 20.5 Å². The van der Waals surface area contributed by atoms with Crippen molar-refractivity contribution in [3.8, 4) is 11.1 Å². The van der Waals surface area contributed by atoms with E-state index < -0.39 is 23.1 Å². The molecule has 2 aromatic rings. The first-order chi connectivity index (χ1) is 16.2. The van der Waals surface area contributed by atoms with Crippen molar-refractivity contribution in [2.75, 3.05) is 6.61 Å². The monoisotopic (exact) mass is 464 g/mol. The normalized spacial score (nSPS) is 16.1. The number of hydrogen-bond acceptors (Lipinski definition) is 4. The minimum Gasteiger partial charge on any atom is -0.481 e. The molecule has 0 atom stereocenters. The second kappa shape index (κ2) is 9.49. The minimum atomic E-state index is -0.894. The van der Waals surface area contributed by atoms with Crippen molar-refractivity contribution in [3.63, 3.8) is 0 Å². The summed E-state index contributed by atoms with van der Waals surface area (Å²) in [6.45, 7) is 3.84. The van der Waals surface area contributed by atoms with Gasteiger partial charge in [0.25, 0.3) is 0 Å². The first-order valence-corrected chi connectivity index (χ1v) is 11.8. The maximum absolute atomic E-state index is 12.7. The predicted octanol–water partition coefficient (Wildman–Crippen LogP) is 4.60. The second-order valence-corrected chi connectivity index (χ2v) is 10.1. The number of ether oxygens (including phenoxy) is 1. The highest BCUT2D eigenvalue weighted by atomic mass is 16.5. The molecule has 7 heteroatoms.